The molecule has 0 bridgehead atoms. The van der Waals surface area contributed by atoms with Crippen LogP contribution in [0.25, 0.3) is 0 Å². The molecule has 2 rings (SSSR count). The molecular weight excluding hydrogens is 370 g/mol. The molecule has 1 heterocycles. The van der Waals surface area contributed by atoms with Gasteiger partial charge in [-0.25, -0.2) is 8.42 Å². The molecule has 0 spiro atoms. The normalized spacial score (nSPS) is 12.0. The van der Waals surface area contributed by atoms with Crippen LogP contribution < -0.4 is 0 Å². The van der Waals surface area contributed by atoms with Gasteiger partial charge in [-0.3, -0.25) is 0 Å². The Balaban J connectivity index is 2.28. The average molecular weight is 381 g/mol. The predicted molar refractivity (Wildman–Crippen MR) is 82.1 cm³/mol. The highest BCUT2D eigenvalue weighted by Crippen LogP contribution is 2.27. The molecule has 19 heavy (non-hydrogen) atoms. The SMILES string of the molecule is CN(Cc1cccs1)S(=O)(=O)c1ccc(Cl)c(Br)c1. The molecule has 0 saturated heterocycles. The lowest BCUT2D eigenvalue weighted by molar-refractivity contribution is 0.469. The van der Waals surface area contributed by atoms with Gasteiger partial charge in [0.25, 0.3) is 0 Å². The summed E-state index contributed by atoms with van der Waals surface area (Å²) in [5.41, 5.74) is 0. The van der Waals surface area contributed by atoms with Gasteiger partial charge >= 0.3 is 0 Å². The van der Waals surface area contributed by atoms with Crippen molar-refractivity contribution in [2.45, 2.75) is 11.4 Å². The maximum absolute atomic E-state index is 12.4. The van der Waals surface area contributed by atoms with Crippen molar-refractivity contribution in [3.05, 3.63) is 50.1 Å². The summed E-state index contributed by atoms with van der Waals surface area (Å²) in [6.45, 7) is 0.361. The third-order valence-electron chi connectivity index (χ3n) is 2.56. The van der Waals surface area contributed by atoms with Crippen molar-refractivity contribution in [3.8, 4) is 0 Å². The van der Waals surface area contributed by atoms with Gasteiger partial charge in [0.1, 0.15) is 0 Å². The van der Waals surface area contributed by atoms with Crippen molar-refractivity contribution < 1.29 is 8.42 Å². The number of hydrogen-bond donors (Lipinski definition) is 0. The fourth-order valence-corrected chi connectivity index (χ4v) is 4.19. The highest BCUT2D eigenvalue weighted by Gasteiger charge is 2.21. The lowest BCUT2D eigenvalue weighted by Crippen LogP contribution is -2.26. The molecule has 0 aliphatic heterocycles. The Hall–Kier alpha value is -0.400. The molecule has 0 N–H and O–H groups in total. The van der Waals surface area contributed by atoms with Crippen LogP contribution in [0.3, 0.4) is 0 Å². The van der Waals surface area contributed by atoms with Gasteiger partial charge in [-0.05, 0) is 45.6 Å². The molecule has 0 fully saturated rings. The van der Waals surface area contributed by atoms with Gasteiger partial charge in [-0.1, -0.05) is 17.7 Å². The molecule has 0 amide bonds. The zero-order valence-electron chi connectivity index (χ0n) is 10.0. The third-order valence-corrected chi connectivity index (χ3v) is 6.43. The number of sulfonamides is 1. The van der Waals surface area contributed by atoms with E-state index in [1.54, 1.807) is 13.1 Å². The summed E-state index contributed by atoms with van der Waals surface area (Å²) in [5.74, 6) is 0. The van der Waals surface area contributed by atoms with Gasteiger partial charge in [0, 0.05) is 22.9 Å². The molecular formula is C12H11BrClNO2S2. The second kappa shape index (κ2) is 5.93. The van der Waals surface area contributed by atoms with Crippen molar-refractivity contribution in [1.29, 1.82) is 0 Å². The van der Waals surface area contributed by atoms with Crippen LogP contribution in [0.15, 0.2) is 45.1 Å². The summed E-state index contributed by atoms with van der Waals surface area (Å²) in [5, 5.41) is 2.41. The Morgan fingerprint density at radius 2 is 2.11 bits per heavy atom. The van der Waals surface area contributed by atoms with Gasteiger partial charge < -0.3 is 0 Å². The number of benzene rings is 1. The Morgan fingerprint density at radius 1 is 1.37 bits per heavy atom. The van der Waals surface area contributed by atoms with Crippen molar-refractivity contribution >= 4 is 48.9 Å². The van der Waals surface area contributed by atoms with Crippen LogP contribution in [0, 0.1) is 0 Å². The summed E-state index contributed by atoms with van der Waals surface area (Å²) in [4.78, 5) is 1.22. The zero-order chi connectivity index (χ0) is 14.0. The predicted octanol–water partition coefficient (Wildman–Crippen LogP) is 3.98. The van der Waals surface area contributed by atoms with E-state index in [0.717, 1.165) is 4.88 Å². The van der Waals surface area contributed by atoms with E-state index in [4.69, 9.17) is 11.6 Å². The van der Waals surface area contributed by atoms with E-state index in [9.17, 15) is 8.42 Å². The molecule has 0 atom stereocenters. The second-order valence-corrected chi connectivity index (χ2v) is 8.26. The first-order valence-corrected chi connectivity index (χ1v) is 8.84. The molecule has 1 aromatic heterocycles. The van der Waals surface area contributed by atoms with E-state index in [1.807, 2.05) is 17.5 Å². The van der Waals surface area contributed by atoms with E-state index in [2.05, 4.69) is 15.9 Å². The molecule has 0 saturated carbocycles. The summed E-state index contributed by atoms with van der Waals surface area (Å²) < 4.78 is 26.7. The largest absolute Gasteiger partial charge is 0.243 e. The molecule has 102 valence electrons. The molecule has 1 aromatic carbocycles. The summed E-state index contributed by atoms with van der Waals surface area (Å²) in [6, 6.07) is 8.40. The van der Waals surface area contributed by atoms with E-state index >= 15 is 0 Å². The Bertz CT molecular complexity index is 671. The lowest BCUT2D eigenvalue weighted by atomic mass is 10.4. The number of thiophene rings is 1. The van der Waals surface area contributed by atoms with Crippen LogP contribution >= 0.6 is 38.9 Å². The molecule has 2 aromatic rings. The summed E-state index contributed by atoms with van der Waals surface area (Å²) >= 11 is 10.6. The summed E-state index contributed by atoms with van der Waals surface area (Å²) in [6.07, 6.45) is 0. The minimum Gasteiger partial charge on any atom is -0.207 e. The quantitative estimate of drug-likeness (QED) is 0.804. The monoisotopic (exact) mass is 379 g/mol. The van der Waals surface area contributed by atoms with Crippen LogP contribution in [-0.4, -0.2) is 19.8 Å². The van der Waals surface area contributed by atoms with E-state index < -0.39 is 10.0 Å². The number of halogens is 2. The number of hydrogen-bond acceptors (Lipinski definition) is 3. The Morgan fingerprint density at radius 3 is 2.68 bits per heavy atom. The fourth-order valence-electron chi connectivity index (χ4n) is 1.52. The average Bonchev–Trinajstić information content (AvgIpc) is 2.85. The van der Waals surface area contributed by atoms with Crippen LogP contribution in [-0.2, 0) is 16.6 Å². The van der Waals surface area contributed by atoms with Crippen LogP contribution in [0.4, 0.5) is 0 Å². The minimum atomic E-state index is -3.50. The molecule has 0 unspecified atom stereocenters. The lowest BCUT2D eigenvalue weighted by Gasteiger charge is -2.16. The van der Waals surface area contributed by atoms with Crippen molar-refractivity contribution in [2.75, 3.05) is 7.05 Å². The smallest absolute Gasteiger partial charge is 0.207 e. The minimum absolute atomic E-state index is 0.225. The number of rotatable bonds is 4. The van der Waals surface area contributed by atoms with Crippen LogP contribution in [0.1, 0.15) is 4.88 Å². The Labute approximate surface area is 130 Å². The van der Waals surface area contributed by atoms with Gasteiger partial charge in [-0.15, -0.1) is 11.3 Å². The first kappa shape index (κ1) is 15.0. The van der Waals surface area contributed by atoms with Crippen LogP contribution in [0.5, 0.6) is 0 Å². The highest BCUT2D eigenvalue weighted by molar-refractivity contribution is 9.10. The highest BCUT2D eigenvalue weighted by atomic mass is 79.9. The van der Waals surface area contributed by atoms with Gasteiger partial charge in [0.2, 0.25) is 10.0 Å². The topological polar surface area (TPSA) is 37.4 Å². The molecule has 0 radical (unpaired) electrons. The zero-order valence-corrected chi connectivity index (χ0v) is 14.0. The van der Waals surface area contributed by atoms with Crippen molar-refractivity contribution in [1.82, 2.24) is 4.31 Å². The molecule has 0 aliphatic carbocycles. The maximum Gasteiger partial charge on any atom is 0.243 e. The van der Waals surface area contributed by atoms with Gasteiger partial charge in [-0.2, -0.15) is 4.31 Å². The van der Waals surface area contributed by atoms with E-state index in [1.165, 1.54) is 27.8 Å². The van der Waals surface area contributed by atoms with E-state index in [0.29, 0.717) is 16.0 Å². The van der Waals surface area contributed by atoms with Gasteiger partial charge in [0.05, 0.1) is 9.92 Å². The van der Waals surface area contributed by atoms with Crippen molar-refractivity contribution in [3.63, 3.8) is 0 Å². The van der Waals surface area contributed by atoms with Gasteiger partial charge in [0.15, 0.2) is 0 Å². The Kier molecular flexibility index (Phi) is 4.68. The number of nitrogens with zero attached hydrogens (tertiary/aromatic N) is 1. The maximum atomic E-state index is 12.4. The standard InChI is InChI=1S/C12H11BrClNO2S2/c1-15(8-9-3-2-6-18-9)19(16,17)10-4-5-12(14)11(13)7-10/h2-7H,8H2,1H3. The van der Waals surface area contributed by atoms with E-state index in [-0.39, 0.29) is 4.90 Å². The second-order valence-electron chi connectivity index (χ2n) is 3.92. The molecule has 0 aliphatic rings. The fraction of sp³-hybridized carbons (Fsp3) is 0.167. The molecule has 3 nitrogen and oxygen atoms in total. The summed E-state index contributed by atoms with van der Waals surface area (Å²) in [7, 11) is -1.94. The molecule has 7 heteroatoms. The van der Waals surface area contributed by atoms with Crippen LogP contribution in [0.2, 0.25) is 5.02 Å². The third kappa shape index (κ3) is 3.38. The first-order valence-electron chi connectivity index (χ1n) is 5.35. The first-order chi connectivity index (χ1) is 8.91. The van der Waals surface area contributed by atoms with Crippen molar-refractivity contribution in [2.24, 2.45) is 0 Å².